The van der Waals surface area contributed by atoms with Gasteiger partial charge in [-0.15, -0.1) is 0 Å². The Morgan fingerprint density at radius 1 is 1.14 bits per heavy atom. The van der Waals surface area contributed by atoms with Crippen LogP contribution in [-0.4, -0.2) is 13.1 Å². The molecule has 0 heterocycles. The van der Waals surface area contributed by atoms with E-state index in [0.29, 0.717) is 6.54 Å². The molecule has 0 saturated heterocycles. The van der Waals surface area contributed by atoms with Crippen molar-refractivity contribution in [2.75, 3.05) is 18.0 Å². The zero-order valence-electron chi connectivity index (χ0n) is 12.4. The quantitative estimate of drug-likeness (QED) is 0.883. The number of hydrogen-bond donors (Lipinski definition) is 1. The summed E-state index contributed by atoms with van der Waals surface area (Å²) in [5, 5.41) is 9.04. The standard InChI is InChI=1S/C18H21N3/c1-15-12-18(9-8-17(15)13-20)21(11-5-10-19)14-16-6-3-2-4-7-16/h2-4,6-9,12H,5,10-11,14,19H2,1H3. The van der Waals surface area contributed by atoms with E-state index in [9.17, 15) is 0 Å². The van der Waals surface area contributed by atoms with Crippen LogP contribution in [-0.2, 0) is 6.54 Å². The lowest BCUT2D eigenvalue weighted by Gasteiger charge is -2.25. The van der Waals surface area contributed by atoms with Crippen LogP contribution in [0.1, 0.15) is 23.1 Å². The fraction of sp³-hybridized carbons (Fsp3) is 0.278. The third-order valence-electron chi connectivity index (χ3n) is 3.54. The molecule has 0 bridgehead atoms. The minimum Gasteiger partial charge on any atom is -0.367 e. The number of benzene rings is 2. The number of nitrogens with zero attached hydrogens (tertiary/aromatic N) is 2. The Kier molecular flexibility index (Phi) is 5.36. The zero-order valence-corrected chi connectivity index (χ0v) is 12.4. The van der Waals surface area contributed by atoms with Crippen LogP contribution in [0.4, 0.5) is 5.69 Å². The third kappa shape index (κ3) is 4.08. The maximum atomic E-state index is 9.04. The summed E-state index contributed by atoms with van der Waals surface area (Å²) in [4.78, 5) is 2.32. The summed E-state index contributed by atoms with van der Waals surface area (Å²) < 4.78 is 0. The van der Waals surface area contributed by atoms with Crippen LogP contribution in [0.3, 0.4) is 0 Å². The van der Waals surface area contributed by atoms with E-state index in [0.717, 1.165) is 36.3 Å². The van der Waals surface area contributed by atoms with Gasteiger partial charge in [0.05, 0.1) is 11.6 Å². The van der Waals surface area contributed by atoms with Crippen molar-refractivity contribution in [3.8, 4) is 6.07 Å². The van der Waals surface area contributed by atoms with Gasteiger partial charge in [0.2, 0.25) is 0 Å². The average molecular weight is 279 g/mol. The van der Waals surface area contributed by atoms with Gasteiger partial charge in [0.25, 0.3) is 0 Å². The highest BCUT2D eigenvalue weighted by molar-refractivity contribution is 5.53. The second kappa shape index (κ2) is 7.47. The molecule has 21 heavy (non-hydrogen) atoms. The van der Waals surface area contributed by atoms with Crippen molar-refractivity contribution in [3.05, 3.63) is 65.2 Å². The van der Waals surface area contributed by atoms with Gasteiger partial charge in [0, 0.05) is 18.8 Å². The number of rotatable bonds is 6. The molecule has 3 heteroatoms. The van der Waals surface area contributed by atoms with Gasteiger partial charge in [0.15, 0.2) is 0 Å². The number of aryl methyl sites for hydroxylation is 1. The van der Waals surface area contributed by atoms with E-state index in [2.05, 4.69) is 41.3 Å². The van der Waals surface area contributed by atoms with E-state index in [1.807, 2.05) is 25.1 Å². The second-order valence-electron chi connectivity index (χ2n) is 5.16. The highest BCUT2D eigenvalue weighted by Gasteiger charge is 2.09. The van der Waals surface area contributed by atoms with E-state index in [4.69, 9.17) is 11.0 Å². The summed E-state index contributed by atoms with van der Waals surface area (Å²) in [5.74, 6) is 0. The van der Waals surface area contributed by atoms with E-state index in [-0.39, 0.29) is 0 Å². The molecule has 0 aromatic heterocycles. The predicted molar refractivity (Wildman–Crippen MR) is 87.1 cm³/mol. The lowest BCUT2D eigenvalue weighted by Crippen LogP contribution is -2.25. The van der Waals surface area contributed by atoms with E-state index < -0.39 is 0 Å². The van der Waals surface area contributed by atoms with Gasteiger partial charge in [-0.2, -0.15) is 5.26 Å². The van der Waals surface area contributed by atoms with Gasteiger partial charge >= 0.3 is 0 Å². The molecular formula is C18H21N3. The summed E-state index contributed by atoms with van der Waals surface area (Å²) in [6.07, 6.45) is 0.950. The van der Waals surface area contributed by atoms with Gasteiger partial charge in [-0.25, -0.2) is 0 Å². The molecule has 2 N–H and O–H groups in total. The third-order valence-corrected chi connectivity index (χ3v) is 3.54. The molecule has 0 spiro atoms. The summed E-state index contributed by atoms with van der Waals surface area (Å²) in [5.41, 5.74) is 9.82. The lowest BCUT2D eigenvalue weighted by atomic mass is 10.1. The molecule has 0 aliphatic rings. The van der Waals surface area contributed by atoms with Crippen molar-refractivity contribution in [2.24, 2.45) is 5.73 Å². The first-order valence-electron chi connectivity index (χ1n) is 7.24. The molecule has 0 radical (unpaired) electrons. The van der Waals surface area contributed by atoms with Gasteiger partial charge in [-0.05, 0) is 49.2 Å². The molecule has 2 aromatic carbocycles. The number of nitrogens with two attached hydrogens (primary N) is 1. The van der Waals surface area contributed by atoms with Crippen LogP contribution in [0.5, 0.6) is 0 Å². The van der Waals surface area contributed by atoms with Gasteiger partial charge < -0.3 is 10.6 Å². The van der Waals surface area contributed by atoms with Crippen LogP contribution in [0.25, 0.3) is 0 Å². The largest absolute Gasteiger partial charge is 0.367 e. The Bertz CT molecular complexity index is 614. The fourth-order valence-electron chi connectivity index (χ4n) is 2.36. The molecule has 0 aliphatic carbocycles. The summed E-state index contributed by atoms with van der Waals surface area (Å²) in [7, 11) is 0. The summed E-state index contributed by atoms with van der Waals surface area (Å²) in [6, 6.07) is 18.6. The van der Waals surface area contributed by atoms with Crippen molar-refractivity contribution in [1.29, 1.82) is 5.26 Å². The maximum absolute atomic E-state index is 9.04. The Labute approximate surface area is 126 Å². The molecule has 2 rings (SSSR count). The van der Waals surface area contributed by atoms with Crippen LogP contribution in [0.15, 0.2) is 48.5 Å². The molecular weight excluding hydrogens is 258 g/mol. The van der Waals surface area contributed by atoms with Crippen molar-refractivity contribution in [2.45, 2.75) is 19.9 Å². The number of hydrogen-bond acceptors (Lipinski definition) is 3. The van der Waals surface area contributed by atoms with Gasteiger partial charge in [-0.3, -0.25) is 0 Å². The highest BCUT2D eigenvalue weighted by Crippen LogP contribution is 2.21. The van der Waals surface area contributed by atoms with Crippen molar-refractivity contribution in [1.82, 2.24) is 0 Å². The first kappa shape index (κ1) is 15.1. The van der Waals surface area contributed by atoms with Crippen molar-refractivity contribution < 1.29 is 0 Å². The van der Waals surface area contributed by atoms with Gasteiger partial charge in [-0.1, -0.05) is 30.3 Å². The van der Waals surface area contributed by atoms with Gasteiger partial charge in [0.1, 0.15) is 0 Å². The molecule has 0 fully saturated rings. The molecule has 0 saturated carbocycles. The smallest absolute Gasteiger partial charge is 0.0994 e. The molecule has 108 valence electrons. The maximum Gasteiger partial charge on any atom is 0.0994 e. The van der Waals surface area contributed by atoms with Crippen LogP contribution < -0.4 is 10.6 Å². The Morgan fingerprint density at radius 2 is 1.90 bits per heavy atom. The lowest BCUT2D eigenvalue weighted by molar-refractivity contribution is 0.735. The monoisotopic (exact) mass is 279 g/mol. The Hall–Kier alpha value is -2.31. The van der Waals surface area contributed by atoms with Crippen molar-refractivity contribution in [3.63, 3.8) is 0 Å². The minimum atomic E-state index is 0.681. The molecule has 0 unspecified atom stereocenters. The molecule has 0 aliphatic heterocycles. The normalized spacial score (nSPS) is 10.1. The molecule has 2 aromatic rings. The summed E-state index contributed by atoms with van der Waals surface area (Å²) in [6.45, 7) is 4.43. The number of nitriles is 1. The van der Waals surface area contributed by atoms with Crippen LogP contribution in [0.2, 0.25) is 0 Å². The minimum absolute atomic E-state index is 0.681. The SMILES string of the molecule is Cc1cc(N(CCCN)Cc2ccccc2)ccc1C#N. The van der Waals surface area contributed by atoms with Crippen LogP contribution in [0, 0.1) is 18.3 Å². The van der Waals surface area contributed by atoms with E-state index in [1.54, 1.807) is 0 Å². The highest BCUT2D eigenvalue weighted by atomic mass is 15.1. The number of anilines is 1. The van der Waals surface area contributed by atoms with Crippen LogP contribution >= 0.6 is 0 Å². The van der Waals surface area contributed by atoms with E-state index in [1.165, 1.54) is 5.56 Å². The topological polar surface area (TPSA) is 53.0 Å². The Morgan fingerprint density at radius 3 is 2.52 bits per heavy atom. The second-order valence-corrected chi connectivity index (χ2v) is 5.16. The molecule has 0 amide bonds. The van der Waals surface area contributed by atoms with E-state index >= 15 is 0 Å². The molecule has 0 atom stereocenters. The Balaban J connectivity index is 2.23. The first-order chi connectivity index (χ1) is 10.2. The van der Waals surface area contributed by atoms with Crippen molar-refractivity contribution >= 4 is 5.69 Å². The average Bonchev–Trinajstić information content (AvgIpc) is 2.52. The molecule has 3 nitrogen and oxygen atoms in total. The predicted octanol–water partition coefficient (Wildman–Crippen LogP) is 3.22. The zero-order chi connectivity index (χ0) is 15.1. The fourth-order valence-corrected chi connectivity index (χ4v) is 2.36. The summed E-state index contributed by atoms with van der Waals surface area (Å²) >= 11 is 0. The first-order valence-corrected chi connectivity index (χ1v) is 7.24.